The molecule has 3 rings (SSSR count). The molecule has 1 amide bonds. The highest BCUT2D eigenvalue weighted by Crippen LogP contribution is 2.26. The summed E-state index contributed by atoms with van der Waals surface area (Å²) >= 11 is 0. The number of hydrogen-bond donors (Lipinski definition) is 1. The molecule has 9 heteroatoms. The van der Waals surface area contributed by atoms with Gasteiger partial charge in [-0.25, -0.2) is 4.68 Å². The second-order valence-electron chi connectivity index (χ2n) is 8.62. The summed E-state index contributed by atoms with van der Waals surface area (Å²) in [6.45, 7) is 9.01. The molecule has 1 unspecified atom stereocenters. The van der Waals surface area contributed by atoms with Crippen LogP contribution in [-0.2, 0) is 11.3 Å². The molecule has 1 fully saturated rings. The van der Waals surface area contributed by atoms with Crippen LogP contribution in [0, 0.1) is 10.1 Å². The van der Waals surface area contributed by atoms with E-state index in [9.17, 15) is 14.9 Å². The van der Waals surface area contributed by atoms with Crippen LogP contribution in [0.1, 0.15) is 56.1 Å². The van der Waals surface area contributed by atoms with Crippen molar-refractivity contribution in [1.29, 1.82) is 0 Å². The third-order valence-electron chi connectivity index (χ3n) is 5.39. The second-order valence-corrected chi connectivity index (χ2v) is 8.62. The van der Waals surface area contributed by atoms with Crippen molar-refractivity contribution in [2.24, 2.45) is 5.73 Å². The van der Waals surface area contributed by atoms with Crippen molar-refractivity contribution in [2.75, 3.05) is 13.2 Å². The van der Waals surface area contributed by atoms with Crippen molar-refractivity contribution >= 4 is 11.6 Å². The fourth-order valence-corrected chi connectivity index (χ4v) is 3.92. The van der Waals surface area contributed by atoms with Crippen LogP contribution >= 0.6 is 0 Å². The summed E-state index contributed by atoms with van der Waals surface area (Å²) in [5, 5.41) is 15.0. The van der Waals surface area contributed by atoms with E-state index in [4.69, 9.17) is 10.5 Å². The van der Waals surface area contributed by atoms with Gasteiger partial charge in [0.2, 0.25) is 5.69 Å². The van der Waals surface area contributed by atoms with Crippen LogP contribution in [0.2, 0.25) is 0 Å². The number of carbonyl (C=O) groups is 1. The van der Waals surface area contributed by atoms with Crippen LogP contribution in [0.25, 0.3) is 5.69 Å². The molecule has 0 spiro atoms. The first-order chi connectivity index (χ1) is 14.2. The predicted molar refractivity (Wildman–Crippen MR) is 112 cm³/mol. The zero-order chi connectivity index (χ0) is 21.9. The number of rotatable bonds is 7. The highest BCUT2D eigenvalue weighted by atomic mass is 16.6. The van der Waals surface area contributed by atoms with Crippen LogP contribution in [0.15, 0.2) is 30.5 Å². The number of hydrogen-bond acceptors (Lipinski definition) is 6. The Balaban J connectivity index is 1.62. The van der Waals surface area contributed by atoms with Gasteiger partial charge in [0.25, 0.3) is 5.91 Å². The number of likely N-dealkylation sites (tertiary alicyclic amines) is 1. The van der Waals surface area contributed by atoms with E-state index in [0.717, 1.165) is 18.5 Å². The molecule has 2 heterocycles. The number of nitrogens with zero attached hydrogens (tertiary/aromatic N) is 4. The molecule has 2 N–H and O–H groups in total. The Morgan fingerprint density at radius 2 is 2.00 bits per heavy atom. The first kappa shape index (κ1) is 21.9. The molecule has 1 saturated heterocycles. The summed E-state index contributed by atoms with van der Waals surface area (Å²) in [6.07, 6.45) is 4.81. The van der Waals surface area contributed by atoms with Gasteiger partial charge in [-0.3, -0.25) is 19.8 Å². The number of ether oxygens (including phenoxy) is 1. The quantitative estimate of drug-likeness (QED) is 0.549. The van der Waals surface area contributed by atoms with Crippen molar-refractivity contribution in [3.63, 3.8) is 0 Å². The normalized spacial score (nSPS) is 17.8. The van der Waals surface area contributed by atoms with Crippen molar-refractivity contribution in [1.82, 2.24) is 14.7 Å². The topological polar surface area (TPSA) is 117 Å². The van der Waals surface area contributed by atoms with Gasteiger partial charge in [0, 0.05) is 11.6 Å². The molecule has 0 bridgehead atoms. The Hall–Kier alpha value is -2.78. The molecule has 1 atom stereocenters. The van der Waals surface area contributed by atoms with E-state index < -0.39 is 16.5 Å². The van der Waals surface area contributed by atoms with E-state index in [2.05, 4.69) is 30.8 Å². The van der Waals surface area contributed by atoms with Gasteiger partial charge in [-0.2, -0.15) is 5.10 Å². The lowest BCUT2D eigenvalue weighted by Gasteiger charge is -2.44. The minimum Gasteiger partial charge on any atom is -0.375 e. The Morgan fingerprint density at radius 3 is 2.57 bits per heavy atom. The number of carbonyl (C=O) groups excluding carboxylic acids is 1. The molecule has 1 aliphatic rings. The maximum atomic E-state index is 11.4. The fourth-order valence-electron chi connectivity index (χ4n) is 3.92. The number of nitro groups is 1. The maximum absolute atomic E-state index is 11.4. The Bertz CT molecular complexity index is 870. The zero-order valence-electron chi connectivity index (χ0n) is 17.7. The standard InChI is InChI=1S/C21H29N5O4/c1-21(2,3)24-11-5-4-6-17(24)14-30-13-15-7-9-16(10-8-15)25-12-18(26(28)29)19(23-25)20(22)27/h7-10,12,17H,4-6,11,13-14H2,1-3H3,(H2,22,27). The van der Waals surface area contributed by atoms with E-state index in [0.29, 0.717) is 24.9 Å². The average molecular weight is 415 g/mol. The first-order valence-electron chi connectivity index (χ1n) is 10.1. The molecule has 1 aliphatic heterocycles. The number of primary amides is 1. The van der Waals surface area contributed by atoms with Gasteiger partial charge in [0.15, 0.2) is 0 Å². The van der Waals surface area contributed by atoms with E-state index in [1.807, 2.05) is 12.1 Å². The lowest BCUT2D eigenvalue weighted by atomic mass is 9.95. The van der Waals surface area contributed by atoms with Gasteiger partial charge in [-0.05, 0) is 57.9 Å². The first-order valence-corrected chi connectivity index (χ1v) is 10.1. The number of aromatic nitrogens is 2. The van der Waals surface area contributed by atoms with Crippen LogP contribution in [0.3, 0.4) is 0 Å². The molecule has 1 aromatic carbocycles. The number of benzene rings is 1. The number of piperidine rings is 1. The smallest absolute Gasteiger partial charge is 0.320 e. The maximum Gasteiger partial charge on any atom is 0.320 e. The summed E-state index contributed by atoms with van der Waals surface area (Å²) in [5.41, 5.74) is 6.14. The van der Waals surface area contributed by atoms with E-state index in [1.54, 1.807) is 12.1 Å². The Labute approximate surface area is 175 Å². The molecular formula is C21H29N5O4. The minimum atomic E-state index is -0.933. The molecule has 0 aliphatic carbocycles. The SMILES string of the molecule is CC(C)(C)N1CCCCC1COCc1ccc(-n2cc([N+](=O)[O-])c(C(N)=O)n2)cc1. The minimum absolute atomic E-state index is 0.131. The molecular weight excluding hydrogens is 386 g/mol. The Morgan fingerprint density at radius 1 is 1.30 bits per heavy atom. The van der Waals surface area contributed by atoms with Crippen LogP contribution in [0.4, 0.5) is 5.69 Å². The van der Waals surface area contributed by atoms with E-state index in [1.165, 1.54) is 23.7 Å². The van der Waals surface area contributed by atoms with Crippen LogP contribution < -0.4 is 5.73 Å². The largest absolute Gasteiger partial charge is 0.375 e. The average Bonchev–Trinajstić information content (AvgIpc) is 3.14. The molecule has 0 radical (unpaired) electrons. The van der Waals surface area contributed by atoms with Gasteiger partial charge >= 0.3 is 5.69 Å². The monoisotopic (exact) mass is 415 g/mol. The summed E-state index contributed by atoms with van der Waals surface area (Å²) < 4.78 is 7.29. The van der Waals surface area contributed by atoms with Gasteiger partial charge in [-0.15, -0.1) is 0 Å². The van der Waals surface area contributed by atoms with Gasteiger partial charge in [0.1, 0.15) is 6.20 Å². The lowest BCUT2D eigenvalue weighted by Crippen LogP contribution is -2.52. The molecule has 2 aromatic rings. The lowest BCUT2D eigenvalue weighted by molar-refractivity contribution is -0.385. The summed E-state index contributed by atoms with van der Waals surface area (Å²) in [5.74, 6) is -0.933. The highest BCUT2D eigenvalue weighted by Gasteiger charge is 2.31. The molecule has 162 valence electrons. The zero-order valence-corrected chi connectivity index (χ0v) is 17.7. The number of amides is 1. The van der Waals surface area contributed by atoms with Crippen molar-refractivity contribution in [3.8, 4) is 5.69 Å². The van der Waals surface area contributed by atoms with Crippen LogP contribution in [-0.4, -0.2) is 50.2 Å². The van der Waals surface area contributed by atoms with Crippen molar-refractivity contribution in [2.45, 2.75) is 58.2 Å². The second kappa shape index (κ2) is 8.93. The molecule has 0 saturated carbocycles. The van der Waals surface area contributed by atoms with Gasteiger partial charge < -0.3 is 10.5 Å². The molecule has 30 heavy (non-hydrogen) atoms. The van der Waals surface area contributed by atoms with E-state index >= 15 is 0 Å². The third kappa shape index (κ3) is 5.03. The summed E-state index contributed by atoms with van der Waals surface area (Å²) in [6, 6.07) is 7.75. The molecule has 1 aromatic heterocycles. The van der Waals surface area contributed by atoms with Crippen molar-refractivity contribution < 1.29 is 14.5 Å². The number of nitrogens with two attached hydrogens (primary N) is 1. The van der Waals surface area contributed by atoms with Gasteiger partial charge in [0.05, 0.1) is 23.8 Å². The highest BCUT2D eigenvalue weighted by molar-refractivity contribution is 5.94. The molecule has 9 nitrogen and oxygen atoms in total. The summed E-state index contributed by atoms with van der Waals surface area (Å²) in [4.78, 5) is 24.3. The van der Waals surface area contributed by atoms with Crippen molar-refractivity contribution in [3.05, 3.63) is 51.8 Å². The van der Waals surface area contributed by atoms with Crippen LogP contribution in [0.5, 0.6) is 0 Å². The fraction of sp³-hybridized carbons (Fsp3) is 0.524. The summed E-state index contributed by atoms with van der Waals surface area (Å²) in [7, 11) is 0. The Kier molecular flexibility index (Phi) is 6.52. The van der Waals surface area contributed by atoms with Gasteiger partial charge in [-0.1, -0.05) is 18.6 Å². The third-order valence-corrected chi connectivity index (χ3v) is 5.39. The predicted octanol–water partition coefficient (Wildman–Crippen LogP) is 3.05. The van der Waals surface area contributed by atoms with E-state index in [-0.39, 0.29) is 11.2 Å².